The van der Waals surface area contributed by atoms with Crippen LogP contribution in [-0.2, 0) is 4.74 Å². The minimum absolute atomic E-state index is 0.138. The van der Waals surface area contributed by atoms with Crippen LogP contribution in [0.25, 0.3) is 0 Å². The summed E-state index contributed by atoms with van der Waals surface area (Å²) in [5.41, 5.74) is 0.372. The number of aromatic nitrogens is 1. The fourth-order valence-corrected chi connectivity index (χ4v) is 3.41. The highest BCUT2D eigenvalue weighted by Crippen LogP contribution is 2.36. The number of rotatable bonds is 3. The number of amides is 1. The summed E-state index contributed by atoms with van der Waals surface area (Å²) in [5.74, 6) is -1.03. The molecular weight excluding hydrogens is 390 g/mol. The van der Waals surface area contributed by atoms with E-state index in [1.165, 1.54) is 6.20 Å². The molecule has 1 aromatic heterocycles. The van der Waals surface area contributed by atoms with Gasteiger partial charge in [-0.2, -0.15) is 0 Å². The van der Waals surface area contributed by atoms with Gasteiger partial charge in [-0.1, -0.05) is 0 Å². The molecule has 2 rings (SSSR count). The van der Waals surface area contributed by atoms with Gasteiger partial charge in [-0.25, -0.2) is 9.59 Å². The fourth-order valence-electron chi connectivity index (χ4n) is 2.84. The van der Waals surface area contributed by atoms with Crippen LogP contribution in [0.4, 0.5) is 10.5 Å². The lowest BCUT2D eigenvalue weighted by molar-refractivity contribution is 0.0472. The number of alkyl carbamates (subject to hydrolysis) is 1. The number of aryl methyl sites for hydroxylation is 1. The molecule has 1 aliphatic rings. The van der Waals surface area contributed by atoms with Crippen molar-refractivity contribution in [3.63, 3.8) is 0 Å². The third-order valence-corrected chi connectivity index (χ3v) is 4.94. The molecule has 7 nitrogen and oxygen atoms in total. The molecule has 0 saturated carbocycles. The van der Waals surface area contributed by atoms with Gasteiger partial charge in [-0.15, -0.1) is 0 Å². The first-order chi connectivity index (χ1) is 11.4. The molecule has 1 aromatic rings. The van der Waals surface area contributed by atoms with E-state index >= 15 is 0 Å². The number of carbonyl (C=O) groups is 2. The molecule has 138 valence electrons. The fraction of sp³-hybridized carbons (Fsp3) is 0.588. The van der Waals surface area contributed by atoms with Gasteiger partial charge in [-0.05, 0) is 57.0 Å². The molecule has 8 heteroatoms. The molecule has 1 aliphatic heterocycles. The number of ether oxygens (including phenoxy) is 1. The summed E-state index contributed by atoms with van der Waals surface area (Å²) in [5, 5.41) is 12.4. The van der Waals surface area contributed by atoms with Crippen LogP contribution in [0.3, 0.4) is 0 Å². The minimum Gasteiger partial charge on any atom is -0.478 e. The molecule has 1 unspecified atom stereocenters. The summed E-state index contributed by atoms with van der Waals surface area (Å²) in [6.07, 6.45) is 1.58. The minimum atomic E-state index is -1.03. The molecule has 1 atom stereocenters. The van der Waals surface area contributed by atoms with Crippen LogP contribution in [0.1, 0.15) is 50.2 Å². The van der Waals surface area contributed by atoms with Crippen molar-refractivity contribution >= 4 is 33.7 Å². The summed E-state index contributed by atoms with van der Waals surface area (Å²) in [4.78, 5) is 29.7. The molecular formula is C17H24BrN3O4. The maximum Gasteiger partial charge on any atom is 0.408 e. The van der Waals surface area contributed by atoms with E-state index in [1.54, 1.807) is 0 Å². The zero-order valence-corrected chi connectivity index (χ0v) is 16.7. The Morgan fingerprint density at radius 1 is 1.44 bits per heavy atom. The van der Waals surface area contributed by atoms with E-state index in [2.05, 4.69) is 26.2 Å². The normalized spacial score (nSPS) is 20.5. The van der Waals surface area contributed by atoms with Crippen molar-refractivity contribution in [2.45, 2.75) is 52.2 Å². The first kappa shape index (κ1) is 19.5. The highest BCUT2D eigenvalue weighted by molar-refractivity contribution is 9.10. The van der Waals surface area contributed by atoms with Crippen molar-refractivity contribution in [3.8, 4) is 0 Å². The molecule has 2 heterocycles. The van der Waals surface area contributed by atoms with Crippen molar-refractivity contribution in [3.05, 3.63) is 21.9 Å². The van der Waals surface area contributed by atoms with E-state index in [9.17, 15) is 14.7 Å². The molecule has 1 amide bonds. The maximum atomic E-state index is 12.1. The van der Waals surface area contributed by atoms with Gasteiger partial charge in [0.2, 0.25) is 0 Å². The van der Waals surface area contributed by atoms with E-state index < -0.39 is 23.2 Å². The number of aromatic carboxylic acids is 1. The largest absolute Gasteiger partial charge is 0.478 e. The van der Waals surface area contributed by atoms with Gasteiger partial charge < -0.3 is 20.1 Å². The van der Waals surface area contributed by atoms with Crippen molar-refractivity contribution in [2.24, 2.45) is 0 Å². The number of anilines is 1. The molecule has 0 aliphatic carbocycles. The molecule has 0 radical (unpaired) electrons. The third kappa shape index (κ3) is 4.62. The molecule has 0 bridgehead atoms. The second kappa shape index (κ2) is 6.82. The van der Waals surface area contributed by atoms with Gasteiger partial charge >= 0.3 is 12.1 Å². The Kier molecular flexibility index (Phi) is 5.32. The summed E-state index contributed by atoms with van der Waals surface area (Å²) >= 11 is 3.46. The lowest BCUT2D eigenvalue weighted by Gasteiger charge is -2.29. The summed E-state index contributed by atoms with van der Waals surface area (Å²) < 4.78 is 5.99. The molecule has 1 saturated heterocycles. The molecule has 2 N–H and O–H groups in total. The number of halogens is 1. The number of nitrogens with one attached hydrogen (secondary N) is 1. The summed E-state index contributed by atoms with van der Waals surface area (Å²) in [6.45, 7) is 10.3. The van der Waals surface area contributed by atoms with E-state index in [1.807, 2.05) is 39.5 Å². The van der Waals surface area contributed by atoms with Crippen molar-refractivity contribution < 1.29 is 19.4 Å². The van der Waals surface area contributed by atoms with Crippen molar-refractivity contribution in [1.29, 1.82) is 0 Å². The molecule has 0 spiro atoms. The highest BCUT2D eigenvalue weighted by Gasteiger charge is 2.38. The SMILES string of the molecule is Cc1ncc(C(=O)O)c(N2CCC(C)(NC(=O)OC(C)(C)C)C2)c1Br. The van der Waals surface area contributed by atoms with Gasteiger partial charge in [0.15, 0.2) is 0 Å². The van der Waals surface area contributed by atoms with E-state index in [0.717, 1.165) is 0 Å². The number of carboxylic acid groups (broad SMARTS) is 1. The van der Waals surface area contributed by atoms with E-state index in [0.29, 0.717) is 35.4 Å². The zero-order chi connectivity index (χ0) is 19.0. The van der Waals surface area contributed by atoms with Gasteiger partial charge in [0.25, 0.3) is 0 Å². The Balaban J connectivity index is 2.22. The van der Waals surface area contributed by atoms with Crippen molar-refractivity contribution in [1.82, 2.24) is 10.3 Å². The Morgan fingerprint density at radius 3 is 2.64 bits per heavy atom. The average molecular weight is 414 g/mol. The van der Waals surface area contributed by atoms with Crippen molar-refractivity contribution in [2.75, 3.05) is 18.0 Å². The van der Waals surface area contributed by atoms with E-state index in [4.69, 9.17) is 4.74 Å². The van der Waals surface area contributed by atoms with Crippen LogP contribution in [0, 0.1) is 6.92 Å². The predicted molar refractivity (Wildman–Crippen MR) is 98.2 cm³/mol. The average Bonchev–Trinajstić information content (AvgIpc) is 2.80. The number of nitrogens with zero attached hydrogens (tertiary/aromatic N) is 2. The highest BCUT2D eigenvalue weighted by atomic mass is 79.9. The molecule has 0 aromatic carbocycles. The number of pyridine rings is 1. The van der Waals surface area contributed by atoms with Gasteiger partial charge in [0, 0.05) is 19.3 Å². The van der Waals surface area contributed by atoms with Crippen LogP contribution in [0.5, 0.6) is 0 Å². The number of hydrogen-bond acceptors (Lipinski definition) is 5. The second-order valence-corrected chi connectivity index (χ2v) is 8.38. The molecule has 1 fully saturated rings. The first-order valence-corrected chi connectivity index (χ1v) is 8.86. The van der Waals surface area contributed by atoms with E-state index in [-0.39, 0.29) is 5.56 Å². The Hall–Kier alpha value is -1.83. The van der Waals surface area contributed by atoms with Crippen LogP contribution in [0.2, 0.25) is 0 Å². The Labute approximate surface area is 155 Å². The van der Waals surface area contributed by atoms with Gasteiger partial charge in [0.05, 0.1) is 21.4 Å². The standard InChI is InChI=1S/C17H24BrN3O4/c1-10-12(18)13(11(8-19-10)14(22)23)21-7-6-17(5,9-21)20-15(24)25-16(2,3)4/h8H,6-7,9H2,1-5H3,(H,20,24)(H,22,23). The maximum absolute atomic E-state index is 12.1. The Morgan fingerprint density at radius 2 is 2.08 bits per heavy atom. The summed E-state index contributed by atoms with van der Waals surface area (Å²) in [7, 11) is 0. The van der Waals surface area contributed by atoms with Crippen LogP contribution >= 0.6 is 15.9 Å². The lowest BCUT2D eigenvalue weighted by Crippen LogP contribution is -2.49. The monoisotopic (exact) mass is 413 g/mol. The zero-order valence-electron chi connectivity index (χ0n) is 15.1. The topological polar surface area (TPSA) is 91.8 Å². The summed E-state index contributed by atoms with van der Waals surface area (Å²) in [6, 6.07) is 0. The van der Waals surface area contributed by atoms with Crippen LogP contribution in [0.15, 0.2) is 10.7 Å². The first-order valence-electron chi connectivity index (χ1n) is 8.06. The number of hydrogen-bond donors (Lipinski definition) is 2. The van der Waals surface area contributed by atoms with Gasteiger partial charge in [-0.3, -0.25) is 4.98 Å². The van der Waals surface area contributed by atoms with Crippen LogP contribution in [-0.4, -0.2) is 46.4 Å². The number of carboxylic acids is 1. The quantitative estimate of drug-likeness (QED) is 0.789. The third-order valence-electron chi connectivity index (χ3n) is 3.99. The number of carbonyl (C=O) groups excluding carboxylic acids is 1. The smallest absolute Gasteiger partial charge is 0.408 e. The lowest BCUT2D eigenvalue weighted by atomic mass is 10.0. The second-order valence-electron chi connectivity index (χ2n) is 7.58. The Bertz CT molecular complexity index is 702. The van der Waals surface area contributed by atoms with Crippen LogP contribution < -0.4 is 10.2 Å². The van der Waals surface area contributed by atoms with Gasteiger partial charge in [0.1, 0.15) is 11.2 Å². The molecule has 25 heavy (non-hydrogen) atoms. The predicted octanol–water partition coefficient (Wildman–Crippen LogP) is 3.34.